The third kappa shape index (κ3) is 3.71. The zero-order valence-electron chi connectivity index (χ0n) is 13.7. The fourth-order valence-corrected chi connectivity index (χ4v) is 2.70. The molecule has 0 aliphatic heterocycles. The van der Waals surface area contributed by atoms with Crippen LogP contribution in [0.5, 0.6) is 0 Å². The number of hydrogen-bond donors (Lipinski definition) is 1. The molecule has 24 heavy (non-hydrogen) atoms. The van der Waals surface area contributed by atoms with E-state index in [1.807, 2.05) is 48.5 Å². The zero-order valence-corrected chi connectivity index (χ0v) is 13.7. The highest BCUT2D eigenvalue weighted by molar-refractivity contribution is 5.93. The van der Waals surface area contributed by atoms with Gasteiger partial charge in [0.1, 0.15) is 0 Å². The monoisotopic (exact) mass is 319 g/mol. The summed E-state index contributed by atoms with van der Waals surface area (Å²) in [6.07, 6.45) is 4.34. The van der Waals surface area contributed by atoms with Gasteiger partial charge in [-0.3, -0.25) is 4.79 Å². The molecule has 0 radical (unpaired) electrons. The highest BCUT2D eigenvalue weighted by atomic mass is 16.1. The van der Waals surface area contributed by atoms with Crippen LogP contribution in [0.1, 0.15) is 35.2 Å². The summed E-state index contributed by atoms with van der Waals surface area (Å²) in [5.41, 5.74) is 2.76. The molecule has 2 aromatic carbocycles. The average Bonchev–Trinajstić information content (AvgIpc) is 3.14. The summed E-state index contributed by atoms with van der Waals surface area (Å²) in [5.74, 6) is 0.228. The Morgan fingerprint density at radius 2 is 1.75 bits per heavy atom. The number of carbonyl (C=O) groups excluding carboxylic acids is 1. The molecule has 1 N–H and O–H groups in total. The Hall–Kier alpha value is -2.88. The first-order chi connectivity index (χ1) is 11.8. The van der Waals surface area contributed by atoms with Crippen molar-refractivity contribution in [1.29, 1.82) is 0 Å². The van der Waals surface area contributed by atoms with Gasteiger partial charge in [0.2, 0.25) is 0 Å². The molecule has 1 aromatic heterocycles. The number of para-hydroxylation sites is 1. The van der Waals surface area contributed by atoms with Crippen LogP contribution in [-0.4, -0.2) is 22.2 Å². The molecule has 0 fully saturated rings. The van der Waals surface area contributed by atoms with Crippen LogP contribution in [0.15, 0.2) is 73.1 Å². The van der Waals surface area contributed by atoms with E-state index >= 15 is 0 Å². The molecule has 0 saturated heterocycles. The predicted octanol–water partition coefficient (Wildman–Crippen LogP) is 3.80. The molecule has 4 heteroatoms. The minimum absolute atomic E-state index is 0.0911. The molecule has 3 rings (SSSR count). The molecule has 122 valence electrons. The Morgan fingerprint density at radius 3 is 2.42 bits per heavy atom. The third-order valence-corrected chi connectivity index (χ3v) is 4.14. The lowest BCUT2D eigenvalue weighted by molar-refractivity contribution is 0.0951. The van der Waals surface area contributed by atoms with E-state index in [0.717, 1.165) is 12.1 Å². The summed E-state index contributed by atoms with van der Waals surface area (Å²) in [6.45, 7) is 2.76. The van der Waals surface area contributed by atoms with Crippen molar-refractivity contribution in [2.75, 3.05) is 6.54 Å². The normalized spacial score (nSPS) is 11.9. The van der Waals surface area contributed by atoms with E-state index in [9.17, 15) is 4.79 Å². The second kappa shape index (κ2) is 7.59. The van der Waals surface area contributed by atoms with Gasteiger partial charge in [0.15, 0.2) is 0 Å². The van der Waals surface area contributed by atoms with Crippen molar-refractivity contribution in [2.45, 2.75) is 19.3 Å². The van der Waals surface area contributed by atoms with Crippen molar-refractivity contribution in [3.8, 4) is 5.69 Å². The van der Waals surface area contributed by atoms with E-state index in [1.165, 1.54) is 5.56 Å². The van der Waals surface area contributed by atoms with Crippen molar-refractivity contribution in [2.24, 2.45) is 0 Å². The summed E-state index contributed by atoms with van der Waals surface area (Å²) in [5, 5.41) is 7.29. The molecule has 1 unspecified atom stereocenters. The van der Waals surface area contributed by atoms with Gasteiger partial charge in [0.05, 0.1) is 17.4 Å². The molecule has 0 saturated carbocycles. The standard InChI is InChI=1S/C20H21N3O/c1-2-16(17-9-5-3-6-10-17)13-21-20(24)18-14-22-23(15-18)19-11-7-4-8-12-19/h3-12,14-16H,2,13H2,1H3,(H,21,24). The van der Waals surface area contributed by atoms with Gasteiger partial charge in [0, 0.05) is 18.7 Å². The van der Waals surface area contributed by atoms with Gasteiger partial charge in [-0.2, -0.15) is 5.10 Å². The zero-order chi connectivity index (χ0) is 16.8. The lowest BCUT2D eigenvalue weighted by Gasteiger charge is -2.15. The predicted molar refractivity (Wildman–Crippen MR) is 95.4 cm³/mol. The molecule has 0 spiro atoms. The van der Waals surface area contributed by atoms with Gasteiger partial charge in [-0.1, -0.05) is 55.5 Å². The van der Waals surface area contributed by atoms with Crippen molar-refractivity contribution in [3.05, 3.63) is 84.2 Å². The van der Waals surface area contributed by atoms with Gasteiger partial charge in [0.25, 0.3) is 5.91 Å². The Bertz CT molecular complexity index is 781. The van der Waals surface area contributed by atoms with Crippen LogP contribution in [0, 0.1) is 0 Å². The van der Waals surface area contributed by atoms with E-state index in [-0.39, 0.29) is 5.91 Å². The Morgan fingerprint density at radius 1 is 1.08 bits per heavy atom. The van der Waals surface area contributed by atoms with Crippen LogP contribution in [0.25, 0.3) is 5.69 Å². The van der Waals surface area contributed by atoms with E-state index in [2.05, 4.69) is 29.5 Å². The number of hydrogen-bond acceptors (Lipinski definition) is 2. The smallest absolute Gasteiger partial charge is 0.254 e. The van der Waals surface area contributed by atoms with Gasteiger partial charge < -0.3 is 5.32 Å². The summed E-state index contributed by atoms with van der Waals surface area (Å²) >= 11 is 0. The molecular formula is C20H21N3O. The largest absolute Gasteiger partial charge is 0.351 e. The number of amides is 1. The van der Waals surface area contributed by atoms with Crippen LogP contribution in [0.4, 0.5) is 0 Å². The van der Waals surface area contributed by atoms with Crippen molar-refractivity contribution in [3.63, 3.8) is 0 Å². The maximum Gasteiger partial charge on any atom is 0.254 e. The first-order valence-corrected chi connectivity index (χ1v) is 8.21. The second-order valence-corrected chi connectivity index (χ2v) is 5.74. The SMILES string of the molecule is CCC(CNC(=O)c1cnn(-c2ccccc2)c1)c1ccccc1. The molecule has 0 aliphatic carbocycles. The molecular weight excluding hydrogens is 298 g/mol. The van der Waals surface area contributed by atoms with Crippen LogP contribution in [0.2, 0.25) is 0 Å². The van der Waals surface area contributed by atoms with Gasteiger partial charge in [-0.15, -0.1) is 0 Å². The molecule has 0 bridgehead atoms. The van der Waals surface area contributed by atoms with Gasteiger partial charge in [-0.05, 0) is 24.1 Å². The Balaban J connectivity index is 1.64. The minimum atomic E-state index is -0.0911. The van der Waals surface area contributed by atoms with Crippen molar-refractivity contribution >= 4 is 5.91 Å². The number of carbonyl (C=O) groups is 1. The first kappa shape index (κ1) is 16.0. The quantitative estimate of drug-likeness (QED) is 0.751. The fourth-order valence-electron chi connectivity index (χ4n) is 2.70. The maximum atomic E-state index is 12.4. The molecule has 4 nitrogen and oxygen atoms in total. The third-order valence-electron chi connectivity index (χ3n) is 4.14. The molecule has 1 amide bonds. The topological polar surface area (TPSA) is 46.9 Å². The first-order valence-electron chi connectivity index (χ1n) is 8.21. The molecule has 1 heterocycles. The Labute approximate surface area is 142 Å². The molecule has 1 atom stereocenters. The Kier molecular flexibility index (Phi) is 5.06. The van der Waals surface area contributed by atoms with Crippen LogP contribution < -0.4 is 5.32 Å². The summed E-state index contributed by atoms with van der Waals surface area (Å²) < 4.78 is 1.71. The van der Waals surface area contributed by atoms with Crippen LogP contribution in [0.3, 0.4) is 0 Å². The summed E-state index contributed by atoms with van der Waals surface area (Å²) in [7, 11) is 0. The summed E-state index contributed by atoms with van der Waals surface area (Å²) in [4.78, 5) is 12.4. The fraction of sp³-hybridized carbons (Fsp3) is 0.200. The number of rotatable bonds is 6. The number of nitrogens with zero attached hydrogens (tertiary/aromatic N) is 2. The number of nitrogens with one attached hydrogen (secondary N) is 1. The van der Waals surface area contributed by atoms with Crippen molar-refractivity contribution in [1.82, 2.24) is 15.1 Å². The van der Waals surface area contributed by atoms with Gasteiger partial charge in [-0.25, -0.2) is 4.68 Å². The van der Waals surface area contributed by atoms with E-state index in [0.29, 0.717) is 18.0 Å². The summed E-state index contributed by atoms with van der Waals surface area (Å²) in [6, 6.07) is 20.0. The molecule has 3 aromatic rings. The number of aromatic nitrogens is 2. The minimum Gasteiger partial charge on any atom is -0.351 e. The molecule has 0 aliphatic rings. The van der Waals surface area contributed by atoms with E-state index in [4.69, 9.17) is 0 Å². The van der Waals surface area contributed by atoms with Crippen molar-refractivity contribution < 1.29 is 4.79 Å². The van der Waals surface area contributed by atoms with E-state index < -0.39 is 0 Å². The number of benzene rings is 2. The van der Waals surface area contributed by atoms with Crippen LogP contribution >= 0.6 is 0 Å². The maximum absolute atomic E-state index is 12.4. The highest BCUT2D eigenvalue weighted by Gasteiger charge is 2.13. The average molecular weight is 319 g/mol. The second-order valence-electron chi connectivity index (χ2n) is 5.74. The van der Waals surface area contributed by atoms with Gasteiger partial charge >= 0.3 is 0 Å². The van der Waals surface area contributed by atoms with E-state index in [1.54, 1.807) is 17.1 Å². The van der Waals surface area contributed by atoms with Crippen LogP contribution in [-0.2, 0) is 0 Å². The highest BCUT2D eigenvalue weighted by Crippen LogP contribution is 2.18. The lowest BCUT2D eigenvalue weighted by atomic mass is 9.96. The lowest BCUT2D eigenvalue weighted by Crippen LogP contribution is -2.28.